The average molecular weight is 356 g/mol. The lowest BCUT2D eigenvalue weighted by Crippen LogP contribution is -1.96. The first-order chi connectivity index (χ1) is 9.56. The van der Waals surface area contributed by atoms with Crippen molar-refractivity contribution in [1.82, 2.24) is 0 Å². The highest BCUT2D eigenvalue weighted by atomic mass is 79.9. The highest BCUT2D eigenvalue weighted by molar-refractivity contribution is 9.09. The molecule has 2 aromatic carbocycles. The number of hydrogen-bond acceptors (Lipinski definition) is 2. The number of halogens is 2. The van der Waals surface area contributed by atoms with Crippen LogP contribution in [0.2, 0.25) is 5.02 Å². The van der Waals surface area contributed by atoms with Crippen molar-refractivity contribution in [2.24, 2.45) is 0 Å². The van der Waals surface area contributed by atoms with E-state index in [2.05, 4.69) is 22.0 Å². The second-order valence-electron chi connectivity index (χ2n) is 4.49. The lowest BCUT2D eigenvalue weighted by atomic mass is 10.0. The van der Waals surface area contributed by atoms with E-state index in [1.54, 1.807) is 14.2 Å². The number of ether oxygens (including phenoxy) is 2. The first kappa shape index (κ1) is 15.2. The predicted molar refractivity (Wildman–Crippen MR) is 86.5 cm³/mol. The summed E-state index contributed by atoms with van der Waals surface area (Å²) < 4.78 is 10.5. The molecule has 4 heteroatoms. The number of rotatable bonds is 4. The standard InChI is InChI=1S/C16H16BrClO2/c1-10-4-5-12(9-15(10)20-3)16(17)11-6-7-14(19-2)13(18)8-11/h4-9,16H,1-3H3. The average Bonchev–Trinajstić information content (AvgIpc) is 2.47. The van der Waals surface area contributed by atoms with Crippen molar-refractivity contribution in [3.05, 3.63) is 58.1 Å². The highest BCUT2D eigenvalue weighted by Gasteiger charge is 2.14. The molecule has 0 heterocycles. The molecular weight excluding hydrogens is 340 g/mol. The van der Waals surface area contributed by atoms with Crippen LogP contribution >= 0.6 is 27.5 Å². The van der Waals surface area contributed by atoms with Gasteiger partial charge < -0.3 is 9.47 Å². The van der Waals surface area contributed by atoms with Crippen LogP contribution in [0.5, 0.6) is 11.5 Å². The smallest absolute Gasteiger partial charge is 0.137 e. The van der Waals surface area contributed by atoms with Gasteiger partial charge in [0.05, 0.1) is 24.1 Å². The summed E-state index contributed by atoms with van der Waals surface area (Å²) >= 11 is 9.88. The summed E-state index contributed by atoms with van der Waals surface area (Å²) in [6.07, 6.45) is 0. The van der Waals surface area contributed by atoms with Gasteiger partial charge >= 0.3 is 0 Å². The fourth-order valence-corrected chi connectivity index (χ4v) is 2.86. The Morgan fingerprint density at radius 3 is 2.15 bits per heavy atom. The normalized spacial score (nSPS) is 12.1. The number of methoxy groups -OCH3 is 2. The SMILES string of the molecule is COc1cc(C(Br)c2ccc(OC)c(Cl)c2)ccc1C. The molecule has 2 nitrogen and oxygen atoms in total. The van der Waals surface area contributed by atoms with Gasteiger partial charge in [-0.25, -0.2) is 0 Å². The van der Waals surface area contributed by atoms with Crippen LogP contribution in [0.25, 0.3) is 0 Å². The molecule has 2 aromatic rings. The first-order valence-electron chi connectivity index (χ1n) is 6.19. The van der Waals surface area contributed by atoms with Crippen LogP contribution < -0.4 is 9.47 Å². The molecule has 0 saturated heterocycles. The molecule has 1 atom stereocenters. The molecule has 0 amide bonds. The lowest BCUT2D eigenvalue weighted by molar-refractivity contribution is 0.411. The molecule has 0 fully saturated rings. The molecule has 0 spiro atoms. The Kier molecular flexibility index (Phi) is 4.95. The fourth-order valence-electron chi connectivity index (χ4n) is 2.03. The van der Waals surface area contributed by atoms with Gasteiger partial charge in [0, 0.05) is 0 Å². The van der Waals surface area contributed by atoms with E-state index in [-0.39, 0.29) is 4.83 Å². The molecule has 1 unspecified atom stereocenters. The van der Waals surface area contributed by atoms with Crippen molar-refractivity contribution in [2.75, 3.05) is 14.2 Å². The monoisotopic (exact) mass is 354 g/mol. The van der Waals surface area contributed by atoms with Crippen LogP contribution in [0.1, 0.15) is 21.5 Å². The summed E-state index contributed by atoms with van der Waals surface area (Å²) in [5.74, 6) is 1.56. The molecule has 0 aromatic heterocycles. The van der Waals surface area contributed by atoms with Crippen LogP contribution in [-0.4, -0.2) is 14.2 Å². The maximum atomic E-state index is 6.17. The quantitative estimate of drug-likeness (QED) is 0.706. The minimum absolute atomic E-state index is 0.0559. The molecule has 0 saturated carbocycles. The number of alkyl halides is 1. The summed E-state index contributed by atoms with van der Waals surface area (Å²) in [7, 11) is 3.29. The van der Waals surface area contributed by atoms with Crippen molar-refractivity contribution in [3.8, 4) is 11.5 Å². The van der Waals surface area contributed by atoms with E-state index in [0.717, 1.165) is 22.4 Å². The van der Waals surface area contributed by atoms with Crippen molar-refractivity contribution < 1.29 is 9.47 Å². The summed E-state index contributed by atoms with van der Waals surface area (Å²) in [6, 6.07) is 11.9. The van der Waals surface area contributed by atoms with Gasteiger partial charge in [0.1, 0.15) is 11.5 Å². The third-order valence-electron chi connectivity index (χ3n) is 3.19. The Bertz CT molecular complexity index is 613. The zero-order valence-electron chi connectivity index (χ0n) is 11.6. The molecule has 20 heavy (non-hydrogen) atoms. The maximum Gasteiger partial charge on any atom is 0.137 e. The van der Waals surface area contributed by atoms with E-state index in [1.165, 1.54) is 0 Å². The van der Waals surface area contributed by atoms with Crippen molar-refractivity contribution >= 4 is 27.5 Å². The minimum atomic E-state index is 0.0559. The lowest BCUT2D eigenvalue weighted by Gasteiger charge is -2.14. The predicted octanol–water partition coefficient (Wildman–Crippen LogP) is 5.15. The van der Waals surface area contributed by atoms with Gasteiger partial charge in [-0.3, -0.25) is 0 Å². The zero-order valence-corrected chi connectivity index (χ0v) is 14.0. The fraction of sp³-hybridized carbons (Fsp3) is 0.250. The van der Waals surface area contributed by atoms with Gasteiger partial charge in [0.2, 0.25) is 0 Å². The molecule has 106 valence electrons. The van der Waals surface area contributed by atoms with Crippen LogP contribution in [0.3, 0.4) is 0 Å². The second kappa shape index (κ2) is 6.51. The Morgan fingerprint density at radius 2 is 1.55 bits per heavy atom. The van der Waals surface area contributed by atoms with Gasteiger partial charge in [-0.15, -0.1) is 0 Å². The largest absolute Gasteiger partial charge is 0.496 e. The number of aryl methyl sites for hydroxylation is 1. The molecule has 2 rings (SSSR count). The van der Waals surface area contributed by atoms with Crippen LogP contribution in [0.15, 0.2) is 36.4 Å². The topological polar surface area (TPSA) is 18.5 Å². The van der Waals surface area contributed by atoms with Crippen LogP contribution in [-0.2, 0) is 0 Å². The molecule has 0 aliphatic rings. The summed E-state index contributed by atoms with van der Waals surface area (Å²) in [5.41, 5.74) is 3.30. The van der Waals surface area contributed by atoms with Crippen LogP contribution in [0.4, 0.5) is 0 Å². The third-order valence-corrected chi connectivity index (χ3v) is 4.55. The van der Waals surface area contributed by atoms with Gasteiger partial charge in [0.25, 0.3) is 0 Å². The van der Waals surface area contributed by atoms with E-state index in [0.29, 0.717) is 10.8 Å². The number of hydrogen-bond donors (Lipinski definition) is 0. The highest BCUT2D eigenvalue weighted by Crippen LogP contribution is 2.36. The van der Waals surface area contributed by atoms with Crippen LogP contribution in [0, 0.1) is 6.92 Å². The zero-order chi connectivity index (χ0) is 14.7. The molecular formula is C16H16BrClO2. The van der Waals surface area contributed by atoms with Gasteiger partial charge in [-0.05, 0) is 41.8 Å². The molecule has 0 N–H and O–H groups in total. The van der Waals surface area contributed by atoms with Crippen molar-refractivity contribution in [3.63, 3.8) is 0 Å². The molecule has 0 aliphatic heterocycles. The molecule has 0 bridgehead atoms. The van der Waals surface area contributed by atoms with Crippen molar-refractivity contribution in [1.29, 1.82) is 0 Å². The summed E-state index contributed by atoms with van der Waals surface area (Å²) in [5, 5.41) is 0.605. The minimum Gasteiger partial charge on any atom is -0.496 e. The summed E-state index contributed by atoms with van der Waals surface area (Å²) in [4.78, 5) is 0.0559. The molecule has 0 radical (unpaired) electrons. The maximum absolute atomic E-state index is 6.17. The van der Waals surface area contributed by atoms with Gasteiger partial charge in [-0.1, -0.05) is 45.7 Å². The van der Waals surface area contributed by atoms with Gasteiger partial charge in [-0.2, -0.15) is 0 Å². The summed E-state index contributed by atoms with van der Waals surface area (Å²) in [6.45, 7) is 2.02. The van der Waals surface area contributed by atoms with E-state index in [9.17, 15) is 0 Å². The number of benzene rings is 2. The third kappa shape index (κ3) is 3.10. The van der Waals surface area contributed by atoms with E-state index in [1.807, 2.05) is 37.3 Å². The van der Waals surface area contributed by atoms with E-state index >= 15 is 0 Å². The first-order valence-corrected chi connectivity index (χ1v) is 7.48. The van der Waals surface area contributed by atoms with E-state index < -0.39 is 0 Å². The second-order valence-corrected chi connectivity index (χ2v) is 5.81. The molecule has 0 aliphatic carbocycles. The Labute approximate surface area is 132 Å². The Balaban J connectivity index is 2.35. The van der Waals surface area contributed by atoms with Crippen molar-refractivity contribution in [2.45, 2.75) is 11.8 Å². The Hall–Kier alpha value is -1.19. The Morgan fingerprint density at radius 1 is 0.950 bits per heavy atom. The van der Waals surface area contributed by atoms with Gasteiger partial charge in [0.15, 0.2) is 0 Å². The van der Waals surface area contributed by atoms with E-state index in [4.69, 9.17) is 21.1 Å².